The van der Waals surface area contributed by atoms with E-state index in [1.165, 1.54) is 93.5 Å². The van der Waals surface area contributed by atoms with E-state index in [-0.39, 0.29) is 0 Å². The van der Waals surface area contributed by atoms with E-state index in [0.717, 1.165) is 88.5 Å². The van der Waals surface area contributed by atoms with Crippen molar-refractivity contribution in [3.05, 3.63) is 285 Å². The first kappa shape index (κ1) is 50.0. The smallest absolute Gasteiger partial charge is 0.237 e. The Hall–Kier alpha value is -11.0. The summed E-state index contributed by atoms with van der Waals surface area (Å²) in [6.45, 7) is 0. The third-order valence-electron chi connectivity index (χ3n) is 18.7. The molecule has 0 saturated carbocycles. The summed E-state index contributed by atoms with van der Waals surface area (Å²) in [5.74, 6) is 1.36. The fraction of sp³-hybridized carbons (Fsp3) is 0. The molecule has 418 valence electrons. The number of hydrogen-bond donors (Lipinski definition) is 0. The van der Waals surface area contributed by atoms with Crippen LogP contribution in [0.25, 0.3) is 188 Å². The van der Waals surface area contributed by atoms with E-state index in [0.29, 0.717) is 5.95 Å². The van der Waals surface area contributed by atoms with Crippen molar-refractivity contribution in [1.82, 2.24) is 23.7 Å². The van der Waals surface area contributed by atoms with Crippen LogP contribution in [0.5, 0.6) is 0 Å². The molecule has 0 bridgehead atoms. The number of rotatable bonds is 7. The van der Waals surface area contributed by atoms with Gasteiger partial charge < -0.3 is 4.57 Å². The molecular formula is C82H47N5S3. The lowest BCUT2D eigenvalue weighted by Crippen LogP contribution is -2.07. The summed E-state index contributed by atoms with van der Waals surface area (Å²) >= 11 is 5.57. The molecule has 0 amide bonds. The minimum atomic E-state index is 0.589. The topological polar surface area (TPSA) is 40.6 Å². The Kier molecular flexibility index (Phi) is 10.7. The van der Waals surface area contributed by atoms with E-state index >= 15 is 0 Å². The zero-order valence-electron chi connectivity index (χ0n) is 48.1. The molecule has 20 aromatic rings. The highest BCUT2D eigenvalue weighted by molar-refractivity contribution is 7.26. The number of thiophene rings is 3. The Morgan fingerprint density at radius 3 is 1.02 bits per heavy atom. The molecule has 8 heteroatoms. The Labute approximate surface area is 527 Å². The number of para-hydroxylation sites is 3. The summed E-state index contributed by atoms with van der Waals surface area (Å²) in [4.78, 5) is 11.6. The molecular weight excluding hydrogens is 1150 g/mol. The van der Waals surface area contributed by atoms with Gasteiger partial charge in [-0.2, -0.15) is 4.98 Å². The second-order valence-corrected chi connectivity index (χ2v) is 26.9. The molecule has 20 rings (SSSR count). The molecule has 0 fully saturated rings. The van der Waals surface area contributed by atoms with E-state index < -0.39 is 0 Å². The van der Waals surface area contributed by atoms with Crippen molar-refractivity contribution >= 4 is 160 Å². The van der Waals surface area contributed by atoms with Crippen molar-refractivity contribution in [2.75, 3.05) is 0 Å². The van der Waals surface area contributed by atoms with Crippen molar-refractivity contribution in [2.45, 2.75) is 0 Å². The van der Waals surface area contributed by atoms with E-state index in [1.807, 2.05) is 34.0 Å². The molecule has 7 aromatic heterocycles. The van der Waals surface area contributed by atoms with Gasteiger partial charge in [0.05, 0.1) is 38.8 Å². The summed E-state index contributed by atoms with van der Waals surface area (Å²) < 4.78 is 14.9. The lowest BCUT2D eigenvalue weighted by Gasteiger charge is -2.15. The molecule has 0 radical (unpaired) electrons. The lowest BCUT2D eigenvalue weighted by atomic mass is 10.0. The predicted octanol–water partition coefficient (Wildman–Crippen LogP) is 23.5. The minimum Gasteiger partial charge on any atom is -0.309 e. The maximum atomic E-state index is 5.82. The van der Waals surface area contributed by atoms with Gasteiger partial charge in [0.1, 0.15) is 5.82 Å². The number of aromatic nitrogens is 5. The number of benzene rings is 13. The van der Waals surface area contributed by atoms with E-state index in [1.54, 1.807) is 0 Å². The average Bonchev–Trinajstić information content (AvgIpc) is 1.61. The summed E-state index contributed by atoms with van der Waals surface area (Å²) in [7, 11) is 0. The van der Waals surface area contributed by atoms with Gasteiger partial charge in [-0.05, 0) is 118 Å². The van der Waals surface area contributed by atoms with Crippen LogP contribution < -0.4 is 0 Å². The normalized spacial score (nSPS) is 12.2. The van der Waals surface area contributed by atoms with Crippen molar-refractivity contribution in [1.29, 1.82) is 0 Å². The molecule has 13 aromatic carbocycles. The number of hydrogen-bond acceptors (Lipinski definition) is 5. The predicted molar refractivity (Wildman–Crippen MR) is 385 cm³/mol. The van der Waals surface area contributed by atoms with Crippen LogP contribution in [0.1, 0.15) is 0 Å². The second kappa shape index (κ2) is 19.2. The van der Waals surface area contributed by atoms with Gasteiger partial charge in [0.25, 0.3) is 0 Å². The summed E-state index contributed by atoms with van der Waals surface area (Å²) in [6, 6.07) is 105. The molecule has 0 aliphatic carbocycles. The SMILES string of the molecule is c1cc(-c2cc(-n3c4ccccc4c4ccc(-c5ccc6c(c5)sc5ccccc56)cc43)nc(-n3c4ccccc4c4ccc(-c5ccc6c(c5)sc5ccccc56)cc43)n2)cc(-n2c3ccccc3c3ccc(-c4ccc5c(c4)sc4ccccc45)cc32)c1. The molecule has 0 aliphatic heterocycles. The monoisotopic (exact) mass is 1200 g/mol. The Balaban J connectivity index is 0.808. The number of fused-ring (bicyclic) bond motifs is 18. The van der Waals surface area contributed by atoms with Crippen molar-refractivity contribution in [3.8, 4) is 62.1 Å². The van der Waals surface area contributed by atoms with Gasteiger partial charge in [0, 0.05) is 110 Å². The summed E-state index contributed by atoms with van der Waals surface area (Å²) in [5.41, 5.74) is 16.3. The van der Waals surface area contributed by atoms with Gasteiger partial charge in [-0.3, -0.25) is 9.13 Å². The molecule has 0 atom stereocenters. The van der Waals surface area contributed by atoms with E-state index in [2.05, 4.69) is 299 Å². The van der Waals surface area contributed by atoms with Crippen LogP contribution in [0, 0.1) is 0 Å². The average molecular weight is 1200 g/mol. The van der Waals surface area contributed by atoms with Crippen LogP contribution in [-0.2, 0) is 0 Å². The van der Waals surface area contributed by atoms with Gasteiger partial charge in [0.15, 0.2) is 0 Å². The third kappa shape index (κ3) is 7.53. The molecule has 0 aliphatic rings. The second-order valence-electron chi connectivity index (χ2n) is 23.6. The fourth-order valence-corrected chi connectivity index (χ4v) is 17.9. The molecule has 5 nitrogen and oxygen atoms in total. The van der Waals surface area contributed by atoms with Crippen LogP contribution in [0.2, 0.25) is 0 Å². The van der Waals surface area contributed by atoms with Crippen LogP contribution >= 0.6 is 34.0 Å². The number of nitrogens with zero attached hydrogens (tertiary/aromatic N) is 5. The first-order chi connectivity index (χ1) is 44.6. The maximum Gasteiger partial charge on any atom is 0.237 e. The van der Waals surface area contributed by atoms with Crippen molar-refractivity contribution < 1.29 is 0 Å². The van der Waals surface area contributed by atoms with Crippen LogP contribution in [0.4, 0.5) is 0 Å². The lowest BCUT2D eigenvalue weighted by molar-refractivity contribution is 0.952. The van der Waals surface area contributed by atoms with E-state index in [9.17, 15) is 0 Å². The molecule has 0 saturated heterocycles. The fourth-order valence-electron chi connectivity index (χ4n) is 14.5. The molecule has 0 N–H and O–H groups in total. The quantitative estimate of drug-likeness (QED) is 0.160. The minimum absolute atomic E-state index is 0.589. The first-order valence-corrected chi connectivity index (χ1v) is 32.9. The van der Waals surface area contributed by atoms with Gasteiger partial charge >= 0.3 is 0 Å². The largest absolute Gasteiger partial charge is 0.309 e. The zero-order valence-corrected chi connectivity index (χ0v) is 50.5. The molecule has 7 heterocycles. The molecule has 0 spiro atoms. The van der Waals surface area contributed by atoms with E-state index in [4.69, 9.17) is 9.97 Å². The highest BCUT2D eigenvalue weighted by Crippen LogP contribution is 2.44. The Morgan fingerprint density at radius 1 is 0.211 bits per heavy atom. The van der Waals surface area contributed by atoms with Gasteiger partial charge in [-0.1, -0.05) is 194 Å². The molecule has 90 heavy (non-hydrogen) atoms. The Bertz CT molecular complexity index is 6190. The van der Waals surface area contributed by atoms with Crippen LogP contribution in [-0.4, -0.2) is 23.7 Å². The van der Waals surface area contributed by atoms with Gasteiger partial charge in [0.2, 0.25) is 5.95 Å². The third-order valence-corrected chi connectivity index (χ3v) is 22.1. The van der Waals surface area contributed by atoms with Crippen LogP contribution in [0.15, 0.2) is 285 Å². The Morgan fingerprint density at radius 2 is 0.556 bits per heavy atom. The van der Waals surface area contributed by atoms with Crippen LogP contribution in [0.3, 0.4) is 0 Å². The van der Waals surface area contributed by atoms with Crippen molar-refractivity contribution in [3.63, 3.8) is 0 Å². The maximum absolute atomic E-state index is 5.82. The highest BCUT2D eigenvalue weighted by atomic mass is 32.1. The summed E-state index contributed by atoms with van der Waals surface area (Å²) in [5, 5.41) is 14.8. The highest BCUT2D eigenvalue weighted by Gasteiger charge is 2.23. The first-order valence-electron chi connectivity index (χ1n) is 30.4. The zero-order chi connectivity index (χ0) is 58.7. The summed E-state index contributed by atoms with van der Waals surface area (Å²) in [6.07, 6.45) is 0. The van der Waals surface area contributed by atoms with Crippen molar-refractivity contribution in [2.24, 2.45) is 0 Å². The van der Waals surface area contributed by atoms with Gasteiger partial charge in [-0.25, -0.2) is 4.98 Å². The van der Waals surface area contributed by atoms with Gasteiger partial charge in [-0.15, -0.1) is 34.0 Å². The standard InChI is InChI=1S/C82H47N5S3/c1-7-22-69-56(16-1)59-34-28-48(51-31-37-65-62-19-4-10-25-75(62)88-78(65)44-51)41-72(59)85(69)55-15-13-14-54(40-55)68-47-81(86-70-23-8-2-17-57(70)60-35-29-49(42-73(60)86)52-32-38-66-63-20-5-11-26-76(63)89-79(66)45-52)84-82(83-68)87-71-24-9-3-18-58(71)61-36-30-50(43-74(61)87)53-33-39-67-64-21-6-12-27-77(64)90-80(67)46-53/h1-47H. The molecule has 0 unspecified atom stereocenters.